The Bertz CT molecular complexity index is 530. The van der Waals surface area contributed by atoms with Gasteiger partial charge in [-0.15, -0.1) is 0 Å². The lowest BCUT2D eigenvalue weighted by Gasteiger charge is -2.21. The molecule has 2 aliphatic carbocycles. The number of halogens is 1. The van der Waals surface area contributed by atoms with E-state index in [1.165, 1.54) is 0 Å². The Balaban J connectivity index is 1.64. The monoisotopic (exact) mass is 280 g/mol. The van der Waals surface area contributed by atoms with E-state index in [-0.39, 0.29) is 0 Å². The van der Waals surface area contributed by atoms with Gasteiger partial charge in [0.15, 0.2) is 11.5 Å². The second-order valence-electron chi connectivity index (χ2n) is 6.11. The average Bonchev–Trinajstić information content (AvgIpc) is 2.81. The summed E-state index contributed by atoms with van der Waals surface area (Å²) < 4.78 is 12.0. The van der Waals surface area contributed by atoms with Gasteiger partial charge in [-0.1, -0.05) is 11.6 Å². The average molecular weight is 281 g/mol. The summed E-state index contributed by atoms with van der Waals surface area (Å²) in [6.07, 6.45) is 6.51. The molecular weight excluding hydrogens is 264 g/mol. The van der Waals surface area contributed by atoms with Gasteiger partial charge in [0, 0.05) is 30.4 Å². The van der Waals surface area contributed by atoms with E-state index in [9.17, 15) is 5.11 Å². The third-order valence-corrected chi connectivity index (χ3v) is 4.77. The zero-order valence-corrected chi connectivity index (χ0v) is 11.5. The molecule has 1 aliphatic heterocycles. The van der Waals surface area contributed by atoms with Gasteiger partial charge in [-0.25, -0.2) is 0 Å². The minimum atomic E-state index is -0.539. The van der Waals surface area contributed by atoms with Gasteiger partial charge in [0.25, 0.3) is 5.79 Å². The molecule has 0 bridgehead atoms. The highest BCUT2D eigenvalue weighted by Crippen LogP contribution is 2.49. The van der Waals surface area contributed by atoms with Crippen molar-refractivity contribution in [1.29, 1.82) is 0 Å². The number of ether oxygens (including phenoxy) is 2. The largest absolute Gasteiger partial charge is 0.448 e. The summed E-state index contributed by atoms with van der Waals surface area (Å²) in [4.78, 5) is 0. The van der Waals surface area contributed by atoms with Gasteiger partial charge in [-0.05, 0) is 37.3 Å². The molecule has 102 valence electrons. The Hall–Kier alpha value is -0.930. The maximum atomic E-state index is 10.0. The predicted molar refractivity (Wildman–Crippen MR) is 71.8 cm³/mol. The molecule has 0 radical (unpaired) electrons. The normalized spacial score (nSPS) is 24.9. The Morgan fingerprint density at radius 2 is 1.68 bits per heavy atom. The number of hydrogen-bond acceptors (Lipinski definition) is 3. The molecule has 3 aliphatic rings. The van der Waals surface area contributed by atoms with Crippen LogP contribution in [-0.2, 0) is 6.42 Å². The molecule has 0 aromatic heterocycles. The molecule has 1 aromatic rings. The smallest absolute Gasteiger partial charge is 0.251 e. The van der Waals surface area contributed by atoms with Crippen LogP contribution in [0.5, 0.6) is 11.5 Å². The minimum absolute atomic E-state index is 0.444. The van der Waals surface area contributed by atoms with E-state index < -0.39 is 11.4 Å². The van der Waals surface area contributed by atoms with Crippen LogP contribution in [0.1, 0.15) is 44.1 Å². The molecule has 0 atom stereocenters. The van der Waals surface area contributed by atoms with Crippen LogP contribution in [-0.4, -0.2) is 16.5 Å². The van der Waals surface area contributed by atoms with Crippen molar-refractivity contribution in [3.05, 3.63) is 22.7 Å². The Morgan fingerprint density at radius 3 is 2.32 bits per heavy atom. The van der Waals surface area contributed by atoms with E-state index in [4.69, 9.17) is 21.1 Å². The molecule has 4 rings (SSSR count). The van der Waals surface area contributed by atoms with Gasteiger partial charge in [-0.2, -0.15) is 0 Å². The number of rotatable bonds is 2. The van der Waals surface area contributed by atoms with Crippen LogP contribution in [0.25, 0.3) is 0 Å². The van der Waals surface area contributed by atoms with Gasteiger partial charge in [0.1, 0.15) is 0 Å². The van der Waals surface area contributed by atoms with Crippen molar-refractivity contribution >= 4 is 11.6 Å². The molecule has 1 N–H and O–H groups in total. The molecule has 19 heavy (non-hydrogen) atoms. The van der Waals surface area contributed by atoms with Crippen molar-refractivity contribution in [1.82, 2.24) is 0 Å². The first-order valence-electron chi connectivity index (χ1n) is 7.01. The van der Waals surface area contributed by atoms with E-state index >= 15 is 0 Å². The quantitative estimate of drug-likeness (QED) is 0.902. The van der Waals surface area contributed by atoms with Crippen molar-refractivity contribution in [2.75, 3.05) is 0 Å². The van der Waals surface area contributed by atoms with Gasteiger partial charge < -0.3 is 14.6 Å². The highest BCUT2D eigenvalue weighted by molar-refractivity contribution is 6.31. The fourth-order valence-electron chi connectivity index (χ4n) is 3.09. The SMILES string of the molecule is OC1(Cc2cc3c(cc2Cl)OC2(CCCC2)O3)CC1. The van der Waals surface area contributed by atoms with Gasteiger partial charge >= 0.3 is 0 Å². The summed E-state index contributed by atoms with van der Waals surface area (Å²) in [6, 6.07) is 3.78. The van der Waals surface area contributed by atoms with E-state index in [2.05, 4.69) is 0 Å². The predicted octanol–water partition coefficient (Wildman–Crippen LogP) is 3.45. The Morgan fingerprint density at radius 1 is 1.05 bits per heavy atom. The number of benzene rings is 1. The standard InChI is InChI=1S/C15H17ClO3/c16-11-8-13-12(7-10(11)9-14(17)5-6-14)18-15(19-13)3-1-2-4-15/h7-8,17H,1-6,9H2. The van der Waals surface area contributed by atoms with Crippen LogP contribution in [0.15, 0.2) is 12.1 Å². The summed E-state index contributed by atoms with van der Waals surface area (Å²) in [6.45, 7) is 0. The molecule has 1 heterocycles. The lowest BCUT2D eigenvalue weighted by atomic mass is 10.1. The van der Waals surface area contributed by atoms with E-state index in [1.54, 1.807) is 0 Å². The van der Waals surface area contributed by atoms with Crippen molar-refractivity contribution in [3.8, 4) is 11.5 Å². The van der Waals surface area contributed by atoms with E-state index in [0.29, 0.717) is 11.4 Å². The maximum absolute atomic E-state index is 10.0. The van der Waals surface area contributed by atoms with Crippen LogP contribution >= 0.6 is 11.6 Å². The fourth-order valence-corrected chi connectivity index (χ4v) is 3.31. The lowest BCUT2D eigenvalue weighted by Crippen LogP contribution is -2.34. The summed E-state index contributed by atoms with van der Waals surface area (Å²) >= 11 is 6.29. The molecule has 2 saturated carbocycles. The summed E-state index contributed by atoms with van der Waals surface area (Å²) in [5.41, 5.74) is 0.418. The lowest BCUT2D eigenvalue weighted by molar-refractivity contribution is -0.0716. The topological polar surface area (TPSA) is 38.7 Å². The van der Waals surface area contributed by atoms with Crippen LogP contribution < -0.4 is 9.47 Å². The molecule has 0 saturated heterocycles. The second-order valence-corrected chi connectivity index (χ2v) is 6.52. The molecule has 3 nitrogen and oxygen atoms in total. The van der Waals surface area contributed by atoms with Gasteiger partial charge in [0.2, 0.25) is 0 Å². The van der Waals surface area contributed by atoms with E-state index in [1.807, 2.05) is 12.1 Å². The summed E-state index contributed by atoms with van der Waals surface area (Å²) in [7, 11) is 0. The molecule has 0 unspecified atom stereocenters. The third kappa shape index (κ3) is 2.00. The van der Waals surface area contributed by atoms with Crippen LogP contribution in [0, 0.1) is 0 Å². The molecule has 2 fully saturated rings. The number of fused-ring (bicyclic) bond motifs is 1. The fraction of sp³-hybridized carbons (Fsp3) is 0.600. The van der Waals surface area contributed by atoms with Gasteiger partial charge in [-0.3, -0.25) is 0 Å². The summed E-state index contributed by atoms with van der Waals surface area (Å²) in [5, 5.41) is 10.7. The van der Waals surface area contributed by atoms with Crippen molar-refractivity contribution in [2.45, 2.75) is 56.3 Å². The highest BCUT2D eigenvalue weighted by Gasteiger charge is 2.45. The zero-order valence-electron chi connectivity index (χ0n) is 10.7. The number of hydrogen-bond donors (Lipinski definition) is 1. The van der Waals surface area contributed by atoms with E-state index in [0.717, 1.165) is 55.6 Å². The minimum Gasteiger partial charge on any atom is -0.448 e. The maximum Gasteiger partial charge on any atom is 0.251 e. The van der Waals surface area contributed by atoms with Crippen molar-refractivity contribution in [3.63, 3.8) is 0 Å². The molecule has 1 spiro atoms. The van der Waals surface area contributed by atoms with Crippen LogP contribution in [0.4, 0.5) is 0 Å². The highest BCUT2D eigenvalue weighted by atomic mass is 35.5. The zero-order chi connectivity index (χ0) is 13.1. The first-order chi connectivity index (χ1) is 9.08. The first-order valence-corrected chi connectivity index (χ1v) is 7.38. The third-order valence-electron chi connectivity index (χ3n) is 4.42. The molecule has 4 heteroatoms. The molecular formula is C15H17ClO3. The molecule has 1 aromatic carbocycles. The van der Waals surface area contributed by atoms with Crippen molar-refractivity contribution in [2.24, 2.45) is 0 Å². The van der Waals surface area contributed by atoms with Crippen molar-refractivity contribution < 1.29 is 14.6 Å². The molecule has 0 amide bonds. The number of aliphatic hydroxyl groups is 1. The van der Waals surface area contributed by atoms with Crippen LogP contribution in [0.2, 0.25) is 5.02 Å². The Labute approximate surface area is 117 Å². The van der Waals surface area contributed by atoms with Gasteiger partial charge in [0.05, 0.1) is 5.60 Å². The second kappa shape index (κ2) is 3.80. The summed E-state index contributed by atoms with van der Waals surface area (Å²) in [5.74, 6) is 1.09. The Kier molecular flexibility index (Phi) is 2.37. The first kappa shape index (κ1) is 11.9. The van der Waals surface area contributed by atoms with Crippen LogP contribution in [0.3, 0.4) is 0 Å².